The van der Waals surface area contributed by atoms with Crippen LogP contribution in [0.25, 0.3) is 11.1 Å². The number of allylic oxidation sites excluding steroid dienone is 2. The standard InChI is InChI=1S/C27H33N3O2/c1-20(2)29-26(32)27(13-15-30(19-27)25(31)22-9-4-3-5-10-22)17-21-8-6-11-23(16-21)24-12-7-14-28-18-24/h3-4,6-8,11-12,14,16,18,20,22H,5,9-10,13,15,17,19H2,1-2H3,(H,29,32)/t22-,27+/m1/s1. The molecule has 2 heterocycles. The van der Waals surface area contributed by atoms with Crippen molar-refractivity contribution in [1.82, 2.24) is 15.2 Å². The minimum Gasteiger partial charge on any atom is -0.353 e. The number of benzene rings is 1. The van der Waals surface area contributed by atoms with Gasteiger partial charge in [-0.15, -0.1) is 0 Å². The molecule has 1 aliphatic carbocycles. The number of hydrogen-bond donors (Lipinski definition) is 1. The van der Waals surface area contributed by atoms with Gasteiger partial charge in [0.2, 0.25) is 11.8 Å². The van der Waals surface area contributed by atoms with Crippen LogP contribution in [-0.2, 0) is 16.0 Å². The molecule has 1 aliphatic heterocycles. The van der Waals surface area contributed by atoms with Crippen LogP contribution in [0.2, 0.25) is 0 Å². The summed E-state index contributed by atoms with van der Waals surface area (Å²) in [5.41, 5.74) is 2.66. The summed E-state index contributed by atoms with van der Waals surface area (Å²) in [6, 6.07) is 12.4. The van der Waals surface area contributed by atoms with Crippen LogP contribution in [0.4, 0.5) is 0 Å². The van der Waals surface area contributed by atoms with Crippen LogP contribution in [0.3, 0.4) is 0 Å². The van der Waals surface area contributed by atoms with E-state index in [1.165, 1.54) is 0 Å². The molecule has 1 saturated heterocycles. The van der Waals surface area contributed by atoms with Gasteiger partial charge in [0.1, 0.15) is 0 Å². The molecule has 2 aromatic rings. The number of likely N-dealkylation sites (tertiary alicyclic amines) is 1. The predicted molar refractivity (Wildman–Crippen MR) is 127 cm³/mol. The van der Waals surface area contributed by atoms with Crippen LogP contribution in [0.15, 0.2) is 60.9 Å². The van der Waals surface area contributed by atoms with E-state index >= 15 is 0 Å². The number of aromatic nitrogens is 1. The first kappa shape index (κ1) is 22.3. The van der Waals surface area contributed by atoms with Gasteiger partial charge in [-0.25, -0.2) is 0 Å². The van der Waals surface area contributed by atoms with Gasteiger partial charge in [-0.3, -0.25) is 14.6 Å². The minimum absolute atomic E-state index is 0.0536. The molecule has 0 bridgehead atoms. The zero-order valence-corrected chi connectivity index (χ0v) is 19.1. The molecule has 2 amide bonds. The quantitative estimate of drug-likeness (QED) is 0.690. The average Bonchev–Trinajstić information content (AvgIpc) is 3.25. The van der Waals surface area contributed by atoms with Gasteiger partial charge in [-0.1, -0.05) is 42.5 Å². The molecule has 168 valence electrons. The lowest BCUT2D eigenvalue weighted by atomic mass is 9.79. The maximum Gasteiger partial charge on any atom is 0.228 e. The minimum atomic E-state index is -0.599. The maximum atomic E-state index is 13.4. The first-order valence-electron chi connectivity index (χ1n) is 11.7. The molecule has 1 aromatic heterocycles. The topological polar surface area (TPSA) is 62.3 Å². The summed E-state index contributed by atoms with van der Waals surface area (Å²) >= 11 is 0. The van der Waals surface area contributed by atoms with E-state index in [0.29, 0.717) is 25.9 Å². The van der Waals surface area contributed by atoms with Gasteiger partial charge in [-0.05, 0) is 68.7 Å². The van der Waals surface area contributed by atoms with E-state index < -0.39 is 5.41 Å². The normalized spacial score (nSPS) is 22.8. The number of nitrogens with zero attached hydrogens (tertiary/aromatic N) is 2. The Morgan fingerprint density at radius 1 is 1.19 bits per heavy atom. The second-order valence-electron chi connectivity index (χ2n) is 9.52. The van der Waals surface area contributed by atoms with Gasteiger partial charge in [0.15, 0.2) is 0 Å². The Morgan fingerprint density at radius 3 is 2.75 bits per heavy atom. The number of pyridine rings is 1. The van der Waals surface area contributed by atoms with Crippen LogP contribution in [-0.4, -0.2) is 40.8 Å². The first-order chi connectivity index (χ1) is 15.5. The van der Waals surface area contributed by atoms with Crippen molar-refractivity contribution in [2.45, 2.75) is 52.0 Å². The Hall–Kier alpha value is -2.95. The van der Waals surface area contributed by atoms with Crippen LogP contribution < -0.4 is 5.32 Å². The zero-order valence-electron chi connectivity index (χ0n) is 19.1. The van der Waals surface area contributed by atoms with E-state index in [1.54, 1.807) is 6.20 Å². The van der Waals surface area contributed by atoms with E-state index in [0.717, 1.165) is 36.0 Å². The summed E-state index contributed by atoms with van der Waals surface area (Å²) in [7, 11) is 0. The van der Waals surface area contributed by atoms with Crippen molar-refractivity contribution in [3.05, 3.63) is 66.5 Å². The summed E-state index contributed by atoms with van der Waals surface area (Å²) in [6.07, 6.45) is 11.9. The molecule has 32 heavy (non-hydrogen) atoms. The molecule has 0 unspecified atom stereocenters. The lowest BCUT2D eigenvalue weighted by Gasteiger charge is -2.30. The highest BCUT2D eigenvalue weighted by Crippen LogP contribution is 2.37. The molecule has 1 N–H and O–H groups in total. The molecule has 1 aromatic carbocycles. The SMILES string of the molecule is CC(C)NC(=O)[C@]1(Cc2cccc(-c3cccnc3)c2)CCN(C(=O)[C@@H]2CC=CCC2)C1. The van der Waals surface area contributed by atoms with E-state index in [9.17, 15) is 9.59 Å². The van der Waals surface area contributed by atoms with Crippen LogP contribution in [0, 0.1) is 11.3 Å². The highest BCUT2D eigenvalue weighted by atomic mass is 16.2. The molecular weight excluding hydrogens is 398 g/mol. The monoisotopic (exact) mass is 431 g/mol. The highest BCUT2D eigenvalue weighted by Gasteiger charge is 2.46. The third-order valence-corrected chi connectivity index (χ3v) is 6.65. The molecule has 0 saturated carbocycles. The van der Waals surface area contributed by atoms with Gasteiger partial charge in [-0.2, -0.15) is 0 Å². The van der Waals surface area contributed by atoms with Crippen molar-refractivity contribution in [3.8, 4) is 11.1 Å². The van der Waals surface area contributed by atoms with Crippen molar-refractivity contribution < 1.29 is 9.59 Å². The number of amides is 2. The Labute approximate surface area is 190 Å². The van der Waals surface area contributed by atoms with Gasteiger partial charge in [0.05, 0.1) is 5.41 Å². The predicted octanol–water partition coefficient (Wildman–Crippen LogP) is 4.39. The van der Waals surface area contributed by atoms with Crippen molar-refractivity contribution in [2.75, 3.05) is 13.1 Å². The molecule has 1 fully saturated rings. The van der Waals surface area contributed by atoms with Gasteiger partial charge in [0.25, 0.3) is 0 Å². The Morgan fingerprint density at radius 2 is 2.03 bits per heavy atom. The fourth-order valence-electron chi connectivity index (χ4n) is 4.95. The van der Waals surface area contributed by atoms with E-state index in [1.807, 2.05) is 43.1 Å². The number of rotatable bonds is 6. The Bertz CT molecular complexity index is 985. The third kappa shape index (κ3) is 4.93. The van der Waals surface area contributed by atoms with Crippen LogP contribution in [0.1, 0.15) is 45.1 Å². The summed E-state index contributed by atoms with van der Waals surface area (Å²) in [5, 5.41) is 3.13. The van der Waals surface area contributed by atoms with Crippen LogP contribution >= 0.6 is 0 Å². The fourth-order valence-corrected chi connectivity index (χ4v) is 4.95. The molecule has 0 spiro atoms. The average molecular weight is 432 g/mol. The summed E-state index contributed by atoms with van der Waals surface area (Å²) in [5.74, 6) is 0.314. The van der Waals surface area contributed by atoms with Gasteiger partial charge < -0.3 is 10.2 Å². The Kier molecular flexibility index (Phi) is 6.73. The van der Waals surface area contributed by atoms with Gasteiger partial charge in [0, 0.05) is 37.4 Å². The van der Waals surface area contributed by atoms with Gasteiger partial charge >= 0.3 is 0 Å². The fraction of sp³-hybridized carbons (Fsp3) is 0.444. The number of nitrogens with one attached hydrogen (secondary N) is 1. The van der Waals surface area contributed by atoms with Crippen molar-refractivity contribution >= 4 is 11.8 Å². The number of carbonyl (C=O) groups excluding carboxylic acids is 2. The lowest BCUT2D eigenvalue weighted by molar-refractivity contribution is -0.136. The third-order valence-electron chi connectivity index (χ3n) is 6.65. The lowest BCUT2D eigenvalue weighted by Crippen LogP contribution is -2.47. The second kappa shape index (κ2) is 9.68. The van der Waals surface area contributed by atoms with E-state index in [-0.39, 0.29) is 23.8 Å². The van der Waals surface area contributed by atoms with Crippen molar-refractivity contribution in [1.29, 1.82) is 0 Å². The van der Waals surface area contributed by atoms with E-state index in [2.05, 4.69) is 40.7 Å². The smallest absolute Gasteiger partial charge is 0.228 e. The molecule has 5 nitrogen and oxygen atoms in total. The largest absolute Gasteiger partial charge is 0.353 e. The number of carbonyl (C=O) groups is 2. The van der Waals surface area contributed by atoms with Crippen LogP contribution in [0.5, 0.6) is 0 Å². The van der Waals surface area contributed by atoms with Crippen molar-refractivity contribution in [2.24, 2.45) is 11.3 Å². The second-order valence-corrected chi connectivity index (χ2v) is 9.52. The van der Waals surface area contributed by atoms with Crippen molar-refractivity contribution in [3.63, 3.8) is 0 Å². The summed E-state index contributed by atoms with van der Waals surface area (Å²) in [6.45, 7) is 5.11. The first-order valence-corrected chi connectivity index (χ1v) is 11.7. The number of hydrogen-bond acceptors (Lipinski definition) is 3. The summed E-state index contributed by atoms with van der Waals surface area (Å²) in [4.78, 5) is 32.8. The van der Waals surface area contributed by atoms with E-state index in [4.69, 9.17) is 0 Å². The molecule has 0 radical (unpaired) electrons. The summed E-state index contributed by atoms with van der Waals surface area (Å²) < 4.78 is 0. The molecule has 5 heteroatoms. The zero-order chi connectivity index (χ0) is 22.6. The molecular formula is C27H33N3O2. The highest BCUT2D eigenvalue weighted by molar-refractivity contribution is 5.86. The Balaban J connectivity index is 1.57. The maximum absolute atomic E-state index is 13.4. The molecule has 4 rings (SSSR count). The molecule has 2 atom stereocenters. The molecule has 2 aliphatic rings.